The third kappa shape index (κ3) is 4.44. The molecule has 1 aromatic heterocycles. The number of hydrogen-bond donors (Lipinski definition) is 0. The van der Waals surface area contributed by atoms with Crippen molar-refractivity contribution in [1.82, 2.24) is 4.98 Å². The fraction of sp³-hybridized carbons (Fsp3) is 0.462. The van der Waals surface area contributed by atoms with E-state index >= 15 is 0 Å². The predicted molar refractivity (Wildman–Crippen MR) is 85.6 cm³/mol. The molecule has 7 nitrogen and oxygen atoms in total. The summed E-state index contributed by atoms with van der Waals surface area (Å²) in [6, 6.07) is 3.50. The van der Waals surface area contributed by atoms with Crippen molar-refractivity contribution in [2.75, 3.05) is 12.5 Å². The first-order valence-corrected chi connectivity index (χ1v) is 10.3. The molecule has 0 fully saturated rings. The van der Waals surface area contributed by atoms with Crippen LogP contribution in [0.2, 0.25) is 0 Å². The Morgan fingerprint density at radius 1 is 1.09 bits per heavy atom. The number of sulfonamides is 2. The Morgan fingerprint density at radius 2 is 1.77 bits per heavy atom. The fourth-order valence-electron chi connectivity index (χ4n) is 2.29. The molecule has 2 rings (SSSR count). The predicted octanol–water partition coefficient (Wildman–Crippen LogP) is 0.935. The molecule has 0 N–H and O–H groups in total. The van der Waals surface area contributed by atoms with Gasteiger partial charge in [0.25, 0.3) is 20.0 Å². The van der Waals surface area contributed by atoms with E-state index in [1.54, 1.807) is 13.0 Å². The molecule has 1 aromatic rings. The normalized spacial score (nSPS) is 18.3. The third-order valence-electron chi connectivity index (χ3n) is 3.06. The van der Waals surface area contributed by atoms with Gasteiger partial charge in [-0.25, -0.2) is 21.8 Å². The van der Waals surface area contributed by atoms with Gasteiger partial charge in [-0.05, 0) is 37.8 Å². The lowest BCUT2D eigenvalue weighted by molar-refractivity contribution is 0.601. The summed E-state index contributed by atoms with van der Waals surface area (Å²) < 4.78 is 52.6. The summed E-state index contributed by atoms with van der Waals surface area (Å²) in [5.41, 5.74) is 2.49. The van der Waals surface area contributed by atoms with E-state index in [1.165, 1.54) is 0 Å². The molecule has 0 aromatic carbocycles. The quantitative estimate of drug-likeness (QED) is 0.759. The van der Waals surface area contributed by atoms with Gasteiger partial charge in [0.1, 0.15) is 0 Å². The summed E-state index contributed by atoms with van der Waals surface area (Å²) in [7, 11) is -7.02. The van der Waals surface area contributed by atoms with Gasteiger partial charge in [-0.3, -0.25) is 0 Å². The molecule has 0 unspecified atom stereocenters. The number of aryl methyl sites for hydroxylation is 1. The smallest absolute Gasteiger partial charge is 0.245 e. The molecule has 0 aliphatic heterocycles. The monoisotopic (exact) mass is 343 g/mol. The van der Waals surface area contributed by atoms with Crippen molar-refractivity contribution in [2.45, 2.75) is 26.2 Å². The molecule has 0 spiro atoms. The highest BCUT2D eigenvalue weighted by Crippen LogP contribution is 2.21. The van der Waals surface area contributed by atoms with Gasteiger partial charge >= 0.3 is 0 Å². The van der Waals surface area contributed by atoms with E-state index in [1.807, 2.05) is 6.07 Å². The van der Waals surface area contributed by atoms with Crippen LogP contribution in [-0.4, -0.2) is 45.8 Å². The highest BCUT2D eigenvalue weighted by molar-refractivity contribution is 7.89. The van der Waals surface area contributed by atoms with Crippen LogP contribution < -0.4 is 0 Å². The molecule has 1 heterocycles. The lowest BCUT2D eigenvalue weighted by Gasteiger charge is -2.17. The molecule has 22 heavy (non-hydrogen) atoms. The summed E-state index contributed by atoms with van der Waals surface area (Å²) in [6.07, 6.45) is 4.16. The van der Waals surface area contributed by atoms with Gasteiger partial charge < -0.3 is 0 Å². The number of fused-ring (bicyclic) bond motifs is 1. The Balaban J connectivity index is 2.56. The van der Waals surface area contributed by atoms with E-state index in [0.717, 1.165) is 30.9 Å². The number of hydrogen-bond acceptors (Lipinski definition) is 5. The highest BCUT2D eigenvalue weighted by atomic mass is 32.2. The van der Waals surface area contributed by atoms with Crippen LogP contribution in [0.4, 0.5) is 0 Å². The van der Waals surface area contributed by atoms with Gasteiger partial charge in [-0.2, -0.15) is 8.80 Å². The van der Waals surface area contributed by atoms with Crippen molar-refractivity contribution in [2.24, 2.45) is 8.80 Å². The second kappa shape index (κ2) is 5.88. The molecule has 0 amide bonds. The van der Waals surface area contributed by atoms with Crippen LogP contribution in [0, 0.1) is 0 Å². The zero-order valence-corrected chi connectivity index (χ0v) is 14.2. The van der Waals surface area contributed by atoms with E-state index in [2.05, 4.69) is 13.8 Å². The molecule has 0 radical (unpaired) electrons. The fourth-order valence-corrected chi connectivity index (χ4v) is 3.46. The van der Waals surface area contributed by atoms with Crippen molar-refractivity contribution in [1.29, 1.82) is 0 Å². The van der Waals surface area contributed by atoms with Crippen LogP contribution in [0.1, 0.15) is 36.7 Å². The van der Waals surface area contributed by atoms with Crippen LogP contribution in [0.15, 0.2) is 20.9 Å². The van der Waals surface area contributed by atoms with Gasteiger partial charge in [-0.15, -0.1) is 0 Å². The minimum Gasteiger partial charge on any atom is -0.245 e. The number of rotatable bonds is 3. The van der Waals surface area contributed by atoms with E-state index in [-0.39, 0.29) is 5.71 Å². The molecule has 0 saturated carbocycles. The van der Waals surface area contributed by atoms with Crippen LogP contribution in [0.3, 0.4) is 0 Å². The standard InChI is InChI=1S/C13H17N3O4S2/c1-9(15-21(2,17)18)11-8-7-10-5-4-6-12(13(10)14-11)16-22(3,19)20/h7-8H,4-6H2,1-3H3/b15-9+,16-12+. The van der Waals surface area contributed by atoms with E-state index < -0.39 is 20.0 Å². The van der Waals surface area contributed by atoms with Crippen molar-refractivity contribution in [3.63, 3.8) is 0 Å². The lowest BCUT2D eigenvalue weighted by Crippen LogP contribution is -2.18. The average Bonchev–Trinajstić information content (AvgIpc) is 2.35. The highest BCUT2D eigenvalue weighted by Gasteiger charge is 2.20. The van der Waals surface area contributed by atoms with Gasteiger partial charge in [0.15, 0.2) is 0 Å². The maximum absolute atomic E-state index is 11.4. The summed E-state index contributed by atoms with van der Waals surface area (Å²) >= 11 is 0. The molecule has 0 bridgehead atoms. The zero-order valence-electron chi connectivity index (χ0n) is 12.6. The largest absolute Gasteiger partial charge is 0.250 e. The van der Waals surface area contributed by atoms with Gasteiger partial charge in [-0.1, -0.05) is 6.07 Å². The van der Waals surface area contributed by atoms with E-state index in [4.69, 9.17) is 0 Å². The summed E-state index contributed by atoms with van der Waals surface area (Å²) in [4.78, 5) is 4.37. The summed E-state index contributed by atoms with van der Waals surface area (Å²) in [5.74, 6) is 0. The van der Waals surface area contributed by atoms with Crippen LogP contribution in [0.5, 0.6) is 0 Å². The molecule has 9 heteroatoms. The summed E-state index contributed by atoms with van der Waals surface area (Å²) in [5, 5.41) is 0. The van der Waals surface area contributed by atoms with Crippen molar-refractivity contribution in [3.8, 4) is 0 Å². The number of pyridine rings is 1. The Morgan fingerprint density at radius 3 is 2.36 bits per heavy atom. The first-order chi connectivity index (χ1) is 10.1. The lowest BCUT2D eigenvalue weighted by atomic mass is 9.94. The number of nitrogens with zero attached hydrogens (tertiary/aromatic N) is 3. The van der Waals surface area contributed by atoms with Crippen molar-refractivity contribution >= 4 is 31.5 Å². The average molecular weight is 343 g/mol. The van der Waals surface area contributed by atoms with Crippen molar-refractivity contribution in [3.05, 3.63) is 29.1 Å². The van der Waals surface area contributed by atoms with Crippen molar-refractivity contribution < 1.29 is 16.8 Å². The SMILES string of the molecule is C/C(=N\S(C)(=O)=O)c1ccc2c(n1)/C(=N/S(C)(=O)=O)CCC2. The third-order valence-corrected chi connectivity index (χ3v) is 4.22. The Labute approximate surface area is 130 Å². The maximum atomic E-state index is 11.4. The Bertz CT molecular complexity index is 869. The molecule has 120 valence electrons. The van der Waals surface area contributed by atoms with E-state index in [9.17, 15) is 16.8 Å². The molecule has 1 aliphatic carbocycles. The molecular formula is C13H17N3O4S2. The second-order valence-electron chi connectivity index (χ2n) is 5.24. The molecular weight excluding hydrogens is 326 g/mol. The maximum Gasteiger partial charge on any atom is 0.250 e. The Hall–Kier alpha value is -1.61. The first-order valence-electron chi connectivity index (χ1n) is 6.61. The zero-order chi connectivity index (χ0) is 16.5. The van der Waals surface area contributed by atoms with Crippen LogP contribution in [-0.2, 0) is 26.5 Å². The van der Waals surface area contributed by atoms with E-state index in [0.29, 0.717) is 23.5 Å². The topological polar surface area (TPSA) is 106 Å². The molecule has 0 saturated heterocycles. The van der Waals surface area contributed by atoms with Gasteiger partial charge in [0.05, 0.1) is 35.3 Å². The number of aromatic nitrogens is 1. The molecule has 0 atom stereocenters. The van der Waals surface area contributed by atoms with Gasteiger partial charge in [0.2, 0.25) is 0 Å². The summed E-state index contributed by atoms with van der Waals surface area (Å²) in [6.45, 7) is 1.55. The molecule has 1 aliphatic rings. The van der Waals surface area contributed by atoms with Crippen LogP contribution in [0.25, 0.3) is 0 Å². The second-order valence-corrected chi connectivity index (χ2v) is 8.54. The van der Waals surface area contributed by atoms with Gasteiger partial charge in [0, 0.05) is 0 Å². The first kappa shape index (κ1) is 16.8. The minimum atomic E-state index is -3.51. The Kier molecular flexibility index (Phi) is 4.48. The minimum absolute atomic E-state index is 0.259. The van der Waals surface area contributed by atoms with Crippen LogP contribution >= 0.6 is 0 Å².